The first kappa shape index (κ1) is 12.1. The second-order valence-electron chi connectivity index (χ2n) is 4.91. The van der Waals surface area contributed by atoms with E-state index in [0.29, 0.717) is 12.2 Å². The molecule has 0 saturated heterocycles. The summed E-state index contributed by atoms with van der Waals surface area (Å²) in [4.78, 5) is 11.9. The Kier molecular flexibility index (Phi) is 3.19. The predicted molar refractivity (Wildman–Crippen MR) is 63.7 cm³/mol. The molecule has 5 heteroatoms. The summed E-state index contributed by atoms with van der Waals surface area (Å²) in [5.41, 5.74) is 0.643. The third-order valence-corrected chi connectivity index (χ3v) is 3.35. The van der Waals surface area contributed by atoms with Crippen LogP contribution in [0.5, 0.6) is 0 Å². The summed E-state index contributed by atoms with van der Waals surface area (Å²) in [5, 5.41) is 17.0. The molecule has 1 aromatic heterocycles. The van der Waals surface area contributed by atoms with E-state index < -0.39 is 5.60 Å². The molecule has 0 aromatic carbocycles. The van der Waals surface area contributed by atoms with Gasteiger partial charge in [0.05, 0.1) is 11.3 Å². The fourth-order valence-corrected chi connectivity index (χ4v) is 2.37. The highest BCUT2D eigenvalue weighted by atomic mass is 16.3. The van der Waals surface area contributed by atoms with E-state index in [9.17, 15) is 9.90 Å². The Hall–Kier alpha value is -1.36. The van der Waals surface area contributed by atoms with Gasteiger partial charge in [-0.15, -0.1) is 0 Å². The molecule has 1 amide bonds. The van der Waals surface area contributed by atoms with Gasteiger partial charge in [-0.3, -0.25) is 9.48 Å². The summed E-state index contributed by atoms with van der Waals surface area (Å²) in [5.74, 6) is -0.173. The smallest absolute Gasteiger partial charge is 0.269 e. The average molecular weight is 237 g/mol. The summed E-state index contributed by atoms with van der Waals surface area (Å²) in [6, 6.07) is 1.74. The normalized spacial score (nSPS) is 18.3. The molecule has 0 aliphatic heterocycles. The number of carbonyl (C=O) groups excluding carboxylic acids is 1. The van der Waals surface area contributed by atoms with Crippen molar-refractivity contribution >= 4 is 5.91 Å². The second kappa shape index (κ2) is 4.49. The molecular formula is C12H19N3O2. The summed E-state index contributed by atoms with van der Waals surface area (Å²) in [7, 11) is 1.74. The Balaban J connectivity index is 1.95. The molecular weight excluding hydrogens is 218 g/mol. The summed E-state index contributed by atoms with van der Waals surface area (Å²) in [6.45, 7) is 2.18. The van der Waals surface area contributed by atoms with E-state index in [-0.39, 0.29) is 5.91 Å². The van der Waals surface area contributed by atoms with Gasteiger partial charge in [0.1, 0.15) is 5.69 Å². The lowest BCUT2D eigenvalue weighted by molar-refractivity contribution is 0.0447. The van der Waals surface area contributed by atoms with Crippen molar-refractivity contribution in [1.82, 2.24) is 15.1 Å². The monoisotopic (exact) mass is 237 g/mol. The van der Waals surface area contributed by atoms with E-state index >= 15 is 0 Å². The SMILES string of the molecule is Cc1cc(C(=O)NCC2(O)CCCC2)n(C)n1. The predicted octanol–water partition coefficient (Wildman–Crippen LogP) is 0.763. The third-order valence-electron chi connectivity index (χ3n) is 3.35. The fourth-order valence-electron chi connectivity index (χ4n) is 2.37. The van der Waals surface area contributed by atoms with Crippen LogP contribution in [0.2, 0.25) is 0 Å². The van der Waals surface area contributed by atoms with Gasteiger partial charge in [-0.2, -0.15) is 5.10 Å². The Morgan fingerprint density at radius 2 is 2.24 bits per heavy atom. The molecule has 1 aromatic rings. The van der Waals surface area contributed by atoms with Gasteiger partial charge in [0.15, 0.2) is 0 Å². The van der Waals surface area contributed by atoms with Crippen LogP contribution in [-0.4, -0.2) is 32.9 Å². The molecule has 1 fully saturated rings. The lowest BCUT2D eigenvalue weighted by Gasteiger charge is -2.22. The molecule has 0 atom stereocenters. The zero-order valence-electron chi connectivity index (χ0n) is 10.4. The van der Waals surface area contributed by atoms with Gasteiger partial charge in [-0.1, -0.05) is 12.8 Å². The van der Waals surface area contributed by atoms with Crippen LogP contribution < -0.4 is 5.32 Å². The van der Waals surface area contributed by atoms with Crippen molar-refractivity contribution in [2.24, 2.45) is 7.05 Å². The molecule has 17 heavy (non-hydrogen) atoms. The summed E-state index contributed by atoms with van der Waals surface area (Å²) in [6.07, 6.45) is 3.63. The lowest BCUT2D eigenvalue weighted by Crippen LogP contribution is -2.41. The molecule has 0 radical (unpaired) electrons. The topological polar surface area (TPSA) is 67.2 Å². The molecule has 2 N–H and O–H groups in total. The number of aromatic nitrogens is 2. The van der Waals surface area contributed by atoms with Gasteiger partial charge in [-0.05, 0) is 25.8 Å². The zero-order chi connectivity index (χ0) is 12.5. The van der Waals surface area contributed by atoms with Crippen LogP contribution >= 0.6 is 0 Å². The number of rotatable bonds is 3. The van der Waals surface area contributed by atoms with E-state index in [1.54, 1.807) is 17.8 Å². The molecule has 0 unspecified atom stereocenters. The molecule has 5 nitrogen and oxygen atoms in total. The lowest BCUT2D eigenvalue weighted by atomic mass is 10.0. The van der Waals surface area contributed by atoms with Crippen molar-refractivity contribution in [1.29, 1.82) is 0 Å². The van der Waals surface area contributed by atoms with Crippen molar-refractivity contribution in [2.75, 3.05) is 6.54 Å². The van der Waals surface area contributed by atoms with Gasteiger partial charge in [0.25, 0.3) is 5.91 Å². The largest absolute Gasteiger partial charge is 0.388 e. The number of carbonyl (C=O) groups is 1. The molecule has 0 spiro atoms. The first-order valence-electron chi connectivity index (χ1n) is 6.01. The molecule has 2 rings (SSSR count). The van der Waals surface area contributed by atoms with Gasteiger partial charge in [0.2, 0.25) is 0 Å². The van der Waals surface area contributed by atoms with Crippen LogP contribution in [0.1, 0.15) is 41.9 Å². The van der Waals surface area contributed by atoms with Crippen LogP contribution in [0.25, 0.3) is 0 Å². The highest BCUT2D eigenvalue weighted by Gasteiger charge is 2.31. The minimum atomic E-state index is -0.705. The maximum Gasteiger partial charge on any atom is 0.269 e. The van der Waals surface area contributed by atoms with Gasteiger partial charge in [0, 0.05) is 13.6 Å². The molecule has 1 heterocycles. The Morgan fingerprint density at radius 3 is 2.76 bits per heavy atom. The molecule has 1 aliphatic rings. The van der Waals surface area contributed by atoms with Crippen LogP contribution in [0.15, 0.2) is 6.07 Å². The van der Waals surface area contributed by atoms with Gasteiger partial charge < -0.3 is 10.4 Å². The van der Waals surface area contributed by atoms with Crippen molar-refractivity contribution in [2.45, 2.75) is 38.2 Å². The van der Waals surface area contributed by atoms with E-state index in [1.165, 1.54) is 0 Å². The Bertz CT molecular complexity index is 419. The molecule has 0 bridgehead atoms. The molecule has 1 aliphatic carbocycles. The van der Waals surface area contributed by atoms with E-state index in [2.05, 4.69) is 10.4 Å². The summed E-state index contributed by atoms with van der Waals surface area (Å²) < 4.78 is 1.56. The van der Waals surface area contributed by atoms with Gasteiger partial charge >= 0.3 is 0 Å². The quantitative estimate of drug-likeness (QED) is 0.815. The van der Waals surface area contributed by atoms with Gasteiger partial charge in [-0.25, -0.2) is 0 Å². The second-order valence-corrected chi connectivity index (χ2v) is 4.91. The fraction of sp³-hybridized carbons (Fsp3) is 0.667. The number of amides is 1. The highest BCUT2D eigenvalue weighted by molar-refractivity contribution is 5.92. The number of nitrogens with one attached hydrogen (secondary N) is 1. The first-order chi connectivity index (χ1) is 8.00. The first-order valence-corrected chi connectivity index (χ1v) is 6.01. The maximum atomic E-state index is 11.9. The average Bonchev–Trinajstić information content (AvgIpc) is 2.83. The standard InChI is InChI=1S/C12H19N3O2/c1-9-7-10(15(2)14-9)11(16)13-8-12(17)5-3-4-6-12/h7,17H,3-6,8H2,1-2H3,(H,13,16). The van der Waals surface area contributed by atoms with Crippen LogP contribution in [-0.2, 0) is 7.05 Å². The number of nitrogens with zero attached hydrogens (tertiary/aromatic N) is 2. The highest BCUT2D eigenvalue weighted by Crippen LogP contribution is 2.28. The minimum Gasteiger partial charge on any atom is -0.388 e. The van der Waals surface area contributed by atoms with Crippen molar-refractivity contribution in [3.63, 3.8) is 0 Å². The molecule has 94 valence electrons. The van der Waals surface area contributed by atoms with E-state index in [4.69, 9.17) is 0 Å². The third kappa shape index (κ3) is 2.66. The number of aryl methyl sites for hydroxylation is 2. The van der Waals surface area contributed by atoms with Crippen LogP contribution in [0.3, 0.4) is 0 Å². The Labute approximate surface area is 101 Å². The van der Waals surface area contributed by atoms with Crippen molar-refractivity contribution < 1.29 is 9.90 Å². The van der Waals surface area contributed by atoms with E-state index in [1.807, 2.05) is 6.92 Å². The summed E-state index contributed by atoms with van der Waals surface area (Å²) >= 11 is 0. The maximum absolute atomic E-state index is 11.9. The van der Waals surface area contributed by atoms with Crippen molar-refractivity contribution in [3.8, 4) is 0 Å². The van der Waals surface area contributed by atoms with Crippen molar-refractivity contribution in [3.05, 3.63) is 17.5 Å². The minimum absolute atomic E-state index is 0.173. The van der Waals surface area contributed by atoms with Crippen LogP contribution in [0.4, 0.5) is 0 Å². The van der Waals surface area contributed by atoms with E-state index in [0.717, 1.165) is 31.4 Å². The van der Waals surface area contributed by atoms with Crippen LogP contribution in [0, 0.1) is 6.92 Å². The molecule has 1 saturated carbocycles. The Morgan fingerprint density at radius 1 is 1.59 bits per heavy atom. The number of aliphatic hydroxyl groups is 1. The number of hydrogen-bond acceptors (Lipinski definition) is 3. The number of hydrogen-bond donors (Lipinski definition) is 2. The zero-order valence-corrected chi connectivity index (χ0v) is 10.4.